The minimum absolute atomic E-state index is 0.0782. The van der Waals surface area contributed by atoms with E-state index in [2.05, 4.69) is 12.2 Å². The molecule has 4 heteroatoms. The molecule has 0 bridgehead atoms. The predicted molar refractivity (Wildman–Crippen MR) is 90.2 cm³/mol. The monoisotopic (exact) mass is 308 g/mol. The lowest BCUT2D eigenvalue weighted by Crippen LogP contribution is -2.42. The van der Waals surface area contributed by atoms with Crippen LogP contribution in [0.4, 0.5) is 5.69 Å². The first-order valence-electron chi connectivity index (χ1n) is 7.89. The van der Waals surface area contributed by atoms with E-state index in [9.17, 15) is 9.59 Å². The van der Waals surface area contributed by atoms with Crippen molar-refractivity contribution < 1.29 is 9.59 Å². The number of nitrogens with zero attached hydrogens (tertiary/aromatic N) is 1. The molecular formula is C19H20N2O2. The molecule has 0 aliphatic carbocycles. The Morgan fingerprint density at radius 1 is 1.22 bits per heavy atom. The third-order valence-corrected chi connectivity index (χ3v) is 4.30. The number of carbonyl (C=O) groups is 2. The van der Waals surface area contributed by atoms with Crippen LogP contribution in [0.25, 0.3) is 0 Å². The minimum Gasteiger partial charge on any atom is -0.324 e. The van der Waals surface area contributed by atoms with Crippen LogP contribution in [0.2, 0.25) is 0 Å². The Hall–Kier alpha value is -2.62. The first kappa shape index (κ1) is 15.3. The highest BCUT2D eigenvalue weighted by atomic mass is 16.2. The largest absolute Gasteiger partial charge is 0.324 e. The maximum atomic E-state index is 12.5. The maximum Gasteiger partial charge on any atom is 0.255 e. The Balaban J connectivity index is 1.72. The summed E-state index contributed by atoms with van der Waals surface area (Å²) in [6.07, 6.45) is 0.916. The van der Waals surface area contributed by atoms with E-state index in [1.807, 2.05) is 48.5 Å². The lowest BCUT2D eigenvalue weighted by molar-refractivity contribution is -0.120. The summed E-state index contributed by atoms with van der Waals surface area (Å²) in [5, 5.41) is 2.91. The van der Waals surface area contributed by atoms with E-state index in [1.54, 1.807) is 11.8 Å². The first-order chi connectivity index (χ1) is 11.1. The van der Waals surface area contributed by atoms with Gasteiger partial charge >= 0.3 is 0 Å². The van der Waals surface area contributed by atoms with Gasteiger partial charge in [0.1, 0.15) is 6.04 Å². The van der Waals surface area contributed by atoms with Crippen molar-refractivity contribution in [1.29, 1.82) is 0 Å². The summed E-state index contributed by atoms with van der Waals surface area (Å²) in [5.41, 5.74) is 3.61. The lowest BCUT2D eigenvalue weighted by atomic mass is 10.1. The predicted octanol–water partition coefficient (Wildman–Crippen LogP) is 3.23. The molecule has 0 unspecified atom stereocenters. The van der Waals surface area contributed by atoms with Crippen molar-refractivity contribution in [2.45, 2.75) is 32.9 Å². The molecule has 1 heterocycles. The van der Waals surface area contributed by atoms with Gasteiger partial charge in [0.15, 0.2) is 0 Å². The standard InChI is InChI=1S/C19H20N2O2/c1-3-14-7-6-9-16(11-14)20-18(22)13(2)21-12-15-8-4-5-10-17(15)19(21)23/h4-11,13H,3,12H2,1-2H3,(H,20,22)/t13-/m1/s1. The molecule has 3 rings (SSSR count). The van der Waals surface area contributed by atoms with Crippen LogP contribution in [-0.4, -0.2) is 22.8 Å². The van der Waals surface area contributed by atoms with Crippen molar-refractivity contribution in [2.24, 2.45) is 0 Å². The molecule has 4 nitrogen and oxygen atoms in total. The number of nitrogens with one attached hydrogen (secondary N) is 1. The van der Waals surface area contributed by atoms with Crippen LogP contribution in [0, 0.1) is 0 Å². The van der Waals surface area contributed by atoms with E-state index in [0.29, 0.717) is 12.1 Å². The summed E-state index contributed by atoms with van der Waals surface area (Å²) in [6, 6.07) is 14.8. The number of amides is 2. The molecule has 2 aromatic rings. The zero-order valence-electron chi connectivity index (χ0n) is 13.4. The highest BCUT2D eigenvalue weighted by molar-refractivity contribution is 6.03. The molecule has 1 N–H and O–H groups in total. The minimum atomic E-state index is -0.514. The molecule has 1 aliphatic rings. The van der Waals surface area contributed by atoms with Gasteiger partial charge < -0.3 is 10.2 Å². The van der Waals surface area contributed by atoms with Gasteiger partial charge in [-0.25, -0.2) is 0 Å². The van der Waals surface area contributed by atoms with Crippen LogP contribution in [-0.2, 0) is 17.8 Å². The van der Waals surface area contributed by atoms with E-state index >= 15 is 0 Å². The molecule has 1 atom stereocenters. The summed E-state index contributed by atoms with van der Waals surface area (Å²) in [7, 11) is 0. The molecule has 2 amide bonds. The van der Waals surface area contributed by atoms with Gasteiger partial charge in [-0.2, -0.15) is 0 Å². The van der Waals surface area contributed by atoms with Crippen molar-refractivity contribution in [3.05, 3.63) is 65.2 Å². The molecule has 118 valence electrons. The lowest BCUT2D eigenvalue weighted by Gasteiger charge is -2.23. The number of benzene rings is 2. The molecule has 0 aromatic heterocycles. The van der Waals surface area contributed by atoms with Gasteiger partial charge in [0, 0.05) is 17.8 Å². The van der Waals surface area contributed by atoms with Gasteiger partial charge in [0.05, 0.1) is 0 Å². The molecule has 0 saturated carbocycles. The van der Waals surface area contributed by atoms with Crippen LogP contribution < -0.4 is 5.32 Å². The second-order valence-electron chi connectivity index (χ2n) is 5.81. The Morgan fingerprint density at radius 2 is 2.00 bits per heavy atom. The molecular weight excluding hydrogens is 288 g/mol. The van der Waals surface area contributed by atoms with E-state index in [0.717, 1.165) is 17.7 Å². The molecule has 0 saturated heterocycles. The van der Waals surface area contributed by atoms with Gasteiger partial charge in [0.2, 0.25) is 5.91 Å². The fraction of sp³-hybridized carbons (Fsp3) is 0.263. The van der Waals surface area contributed by atoms with Crippen LogP contribution in [0.3, 0.4) is 0 Å². The van der Waals surface area contributed by atoms with Crippen LogP contribution >= 0.6 is 0 Å². The van der Waals surface area contributed by atoms with Crippen molar-refractivity contribution in [3.8, 4) is 0 Å². The van der Waals surface area contributed by atoms with Crippen LogP contribution in [0.1, 0.15) is 35.3 Å². The second kappa shape index (κ2) is 6.24. The van der Waals surface area contributed by atoms with Crippen LogP contribution in [0.15, 0.2) is 48.5 Å². The number of carbonyl (C=O) groups excluding carboxylic acids is 2. The van der Waals surface area contributed by atoms with Crippen molar-refractivity contribution in [3.63, 3.8) is 0 Å². The number of aryl methyl sites for hydroxylation is 1. The summed E-state index contributed by atoms with van der Waals surface area (Å²) < 4.78 is 0. The van der Waals surface area contributed by atoms with Gasteiger partial charge in [-0.05, 0) is 42.7 Å². The Morgan fingerprint density at radius 3 is 2.74 bits per heavy atom. The van der Waals surface area contributed by atoms with Crippen molar-refractivity contribution in [2.75, 3.05) is 5.32 Å². The average Bonchev–Trinajstić information content (AvgIpc) is 2.91. The molecule has 2 aromatic carbocycles. The van der Waals surface area contributed by atoms with Crippen molar-refractivity contribution in [1.82, 2.24) is 4.90 Å². The fourth-order valence-corrected chi connectivity index (χ4v) is 2.85. The molecule has 0 radical (unpaired) electrons. The maximum absolute atomic E-state index is 12.5. The van der Waals surface area contributed by atoms with E-state index in [1.165, 1.54) is 5.56 Å². The Bertz CT molecular complexity index is 755. The van der Waals surface area contributed by atoms with Crippen LogP contribution in [0.5, 0.6) is 0 Å². The summed E-state index contributed by atoms with van der Waals surface area (Å²) in [5.74, 6) is -0.245. The third-order valence-electron chi connectivity index (χ3n) is 4.30. The number of hydrogen-bond acceptors (Lipinski definition) is 2. The fourth-order valence-electron chi connectivity index (χ4n) is 2.85. The smallest absolute Gasteiger partial charge is 0.255 e. The van der Waals surface area contributed by atoms with E-state index in [-0.39, 0.29) is 11.8 Å². The zero-order valence-corrected chi connectivity index (χ0v) is 13.4. The first-order valence-corrected chi connectivity index (χ1v) is 7.89. The van der Waals surface area contributed by atoms with Gasteiger partial charge in [-0.3, -0.25) is 9.59 Å². The Labute approximate surface area is 136 Å². The molecule has 23 heavy (non-hydrogen) atoms. The normalized spacial score (nSPS) is 14.5. The highest BCUT2D eigenvalue weighted by Gasteiger charge is 2.33. The SMILES string of the molecule is CCc1cccc(NC(=O)[C@@H](C)N2Cc3ccccc3C2=O)c1. The van der Waals surface area contributed by atoms with Gasteiger partial charge in [-0.15, -0.1) is 0 Å². The van der Waals surface area contributed by atoms with Gasteiger partial charge in [0.25, 0.3) is 5.91 Å². The van der Waals surface area contributed by atoms with Crippen molar-refractivity contribution >= 4 is 17.5 Å². The third kappa shape index (κ3) is 2.97. The van der Waals surface area contributed by atoms with E-state index < -0.39 is 6.04 Å². The molecule has 0 spiro atoms. The number of hydrogen-bond donors (Lipinski definition) is 1. The number of fused-ring (bicyclic) bond motifs is 1. The molecule has 1 aliphatic heterocycles. The summed E-state index contributed by atoms with van der Waals surface area (Å²) in [6.45, 7) is 4.32. The van der Waals surface area contributed by atoms with E-state index in [4.69, 9.17) is 0 Å². The Kier molecular flexibility index (Phi) is 4.15. The highest BCUT2D eigenvalue weighted by Crippen LogP contribution is 2.24. The molecule has 0 fully saturated rings. The quantitative estimate of drug-likeness (QED) is 0.942. The number of anilines is 1. The van der Waals surface area contributed by atoms with Gasteiger partial charge in [-0.1, -0.05) is 37.3 Å². The topological polar surface area (TPSA) is 49.4 Å². The second-order valence-corrected chi connectivity index (χ2v) is 5.81. The number of rotatable bonds is 4. The average molecular weight is 308 g/mol. The summed E-state index contributed by atoms with van der Waals surface area (Å²) in [4.78, 5) is 26.5. The zero-order chi connectivity index (χ0) is 16.4. The summed E-state index contributed by atoms with van der Waals surface area (Å²) >= 11 is 0.